The van der Waals surface area contributed by atoms with Crippen LogP contribution in [0.1, 0.15) is 40.1 Å². The summed E-state index contributed by atoms with van der Waals surface area (Å²) in [6.45, 7) is 3.59. The van der Waals surface area contributed by atoms with Crippen LogP contribution >= 0.6 is 0 Å². The van der Waals surface area contributed by atoms with Crippen LogP contribution in [0.4, 0.5) is 17.1 Å². The molecule has 2 heterocycles. The first-order chi connectivity index (χ1) is 13.5. The van der Waals surface area contributed by atoms with E-state index < -0.39 is 0 Å². The van der Waals surface area contributed by atoms with Crippen molar-refractivity contribution in [3.63, 3.8) is 0 Å². The number of Topliss-reactive ketones (excluding diaryl/α,β-unsaturated/α-hetero) is 1. The SMILES string of the molecule is CC(=O)c1cccc(Nc2cncc(C(=O)N3c4ccccc4CC3C)c2)c1. The molecule has 1 aliphatic rings. The summed E-state index contributed by atoms with van der Waals surface area (Å²) in [4.78, 5) is 30.8. The lowest BCUT2D eigenvalue weighted by Crippen LogP contribution is -2.35. The first kappa shape index (κ1) is 17.9. The quantitative estimate of drug-likeness (QED) is 0.680. The highest BCUT2D eigenvalue weighted by Crippen LogP contribution is 2.33. The van der Waals surface area contributed by atoms with Crippen LogP contribution in [0, 0.1) is 0 Å². The summed E-state index contributed by atoms with van der Waals surface area (Å²) >= 11 is 0. The number of aromatic nitrogens is 1. The van der Waals surface area contributed by atoms with Gasteiger partial charge in [0, 0.05) is 29.2 Å². The minimum Gasteiger partial charge on any atom is -0.354 e. The Morgan fingerprint density at radius 1 is 1.00 bits per heavy atom. The van der Waals surface area contributed by atoms with E-state index >= 15 is 0 Å². The molecule has 0 saturated carbocycles. The Morgan fingerprint density at radius 2 is 1.79 bits per heavy atom. The van der Waals surface area contributed by atoms with Gasteiger partial charge in [-0.1, -0.05) is 30.3 Å². The molecule has 2 aromatic carbocycles. The van der Waals surface area contributed by atoms with Crippen LogP contribution in [0.25, 0.3) is 0 Å². The van der Waals surface area contributed by atoms with E-state index in [2.05, 4.69) is 23.3 Å². The fraction of sp³-hybridized carbons (Fsp3) is 0.174. The van der Waals surface area contributed by atoms with E-state index in [1.54, 1.807) is 30.6 Å². The van der Waals surface area contributed by atoms with E-state index in [0.717, 1.165) is 17.8 Å². The highest BCUT2D eigenvalue weighted by Gasteiger charge is 2.31. The average molecular weight is 371 g/mol. The number of benzene rings is 2. The van der Waals surface area contributed by atoms with Crippen molar-refractivity contribution in [1.29, 1.82) is 0 Å². The van der Waals surface area contributed by atoms with Crippen LogP contribution in [0.5, 0.6) is 0 Å². The molecule has 1 amide bonds. The number of amides is 1. The molecular weight excluding hydrogens is 350 g/mol. The van der Waals surface area contributed by atoms with E-state index in [-0.39, 0.29) is 17.7 Å². The van der Waals surface area contributed by atoms with Gasteiger partial charge in [-0.15, -0.1) is 0 Å². The van der Waals surface area contributed by atoms with E-state index in [9.17, 15) is 9.59 Å². The van der Waals surface area contributed by atoms with Crippen molar-refractivity contribution in [1.82, 2.24) is 4.98 Å². The van der Waals surface area contributed by atoms with E-state index in [0.29, 0.717) is 16.8 Å². The van der Waals surface area contributed by atoms with Crippen LogP contribution in [0.15, 0.2) is 67.0 Å². The van der Waals surface area contributed by atoms with Crippen LogP contribution < -0.4 is 10.2 Å². The molecule has 1 aromatic heterocycles. The van der Waals surface area contributed by atoms with Gasteiger partial charge in [0.15, 0.2) is 5.78 Å². The lowest BCUT2D eigenvalue weighted by Gasteiger charge is -2.23. The molecule has 0 spiro atoms. The highest BCUT2D eigenvalue weighted by molar-refractivity contribution is 6.08. The third kappa shape index (κ3) is 3.39. The predicted molar refractivity (Wildman–Crippen MR) is 110 cm³/mol. The third-order valence-electron chi connectivity index (χ3n) is 4.97. The molecule has 0 bridgehead atoms. The van der Waals surface area contributed by atoms with Crippen molar-refractivity contribution in [3.05, 3.63) is 83.7 Å². The summed E-state index contributed by atoms with van der Waals surface area (Å²) in [5.41, 5.74) is 4.79. The molecule has 5 nitrogen and oxygen atoms in total. The zero-order valence-corrected chi connectivity index (χ0v) is 15.8. The van der Waals surface area contributed by atoms with Crippen molar-refractivity contribution in [2.75, 3.05) is 10.2 Å². The zero-order valence-electron chi connectivity index (χ0n) is 15.8. The Labute approximate surface area is 164 Å². The van der Waals surface area contributed by atoms with Gasteiger partial charge in [-0.25, -0.2) is 0 Å². The predicted octanol–water partition coefficient (Wildman–Crippen LogP) is 4.62. The van der Waals surface area contributed by atoms with Gasteiger partial charge in [0.2, 0.25) is 0 Å². The largest absolute Gasteiger partial charge is 0.354 e. The molecule has 1 atom stereocenters. The highest BCUT2D eigenvalue weighted by atomic mass is 16.2. The average Bonchev–Trinajstić information content (AvgIpc) is 3.03. The number of pyridine rings is 1. The topological polar surface area (TPSA) is 62.3 Å². The first-order valence-electron chi connectivity index (χ1n) is 9.27. The van der Waals surface area contributed by atoms with Gasteiger partial charge < -0.3 is 10.2 Å². The summed E-state index contributed by atoms with van der Waals surface area (Å²) < 4.78 is 0. The van der Waals surface area contributed by atoms with Crippen LogP contribution in [0.2, 0.25) is 0 Å². The number of fused-ring (bicyclic) bond motifs is 1. The van der Waals surface area contributed by atoms with Gasteiger partial charge >= 0.3 is 0 Å². The molecule has 5 heteroatoms. The minimum absolute atomic E-state index is 0.00684. The maximum Gasteiger partial charge on any atom is 0.260 e. The number of anilines is 3. The first-order valence-corrected chi connectivity index (χ1v) is 9.27. The molecule has 4 rings (SSSR count). The summed E-state index contributed by atoms with van der Waals surface area (Å²) in [6, 6.07) is 17.2. The summed E-state index contributed by atoms with van der Waals surface area (Å²) in [6.07, 6.45) is 4.11. The lowest BCUT2D eigenvalue weighted by molar-refractivity contribution is 0.0979. The van der Waals surface area contributed by atoms with Gasteiger partial charge in [0.1, 0.15) is 0 Å². The zero-order chi connectivity index (χ0) is 19.7. The van der Waals surface area contributed by atoms with Crippen molar-refractivity contribution in [3.8, 4) is 0 Å². The number of ketones is 1. The summed E-state index contributed by atoms with van der Waals surface area (Å²) in [5, 5.41) is 3.23. The number of carbonyl (C=O) groups is 2. The standard InChI is InChI=1S/C23H21N3O2/c1-15-10-18-6-3-4-9-22(18)26(15)23(28)19-12-21(14-24-13-19)25-20-8-5-7-17(11-20)16(2)27/h3-9,11-15,25H,10H2,1-2H3. The van der Waals surface area contributed by atoms with Crippen molar-refractivity contribution >= 4 is 28.8 Å². The van der Waals surface area contributed by atoms with Crippen LogP contribution in [0.3, 0.4) is 0 Å². The molecule has 28 heavy (non-hydrogen) atoms. The van der Waals surface area contributed by atoms with Gasteiger partial charge in [-0.3, -0.25) is 14.6 Å². The lowest BCUT2D eigenvalue weighted by atomic mass is 10.1. The number of rotatable bonds is 4. The molecule has 1 aliphatic heterocycles. The number of para-hydroxylation sites is 1. The van der Waals surface area contributed by atoms with Crippen LogP contribution in [-0.2, 0) is 6.42 Å². The molecule has 0 fully saturated rings. The number of carbonyl (C=O) groups excluding carboxylic acids is 2. The maximum atomic E-state index is 13.2. The summed E-state index contributed by atoms with van der Waals surface area (Å²) in [5.74, 6) is -0.0570. The van der Waals surface area contributed by atoms with Gasteiger partial charge in [0.05, 0.1) is 17.4 Å². The Kier molecular flexibility index (Phi) is 4.65. The van der Waals surface area contributed by atoms with Crippen LogP contribution in [-0.4, -0.2) is 22.7 Å². The monoisotopic (exact) mass is 371 g/mol. The van der Waals surface area contributed by atoms with E-state index in [1.165, 1.54) is 12.5 Å². The van der Waals surface area contributed by atoms with Crippen molar-refractivity contribution in [2.45, 2.75) is 26.3 Å². The fourth-order valence-electron chi connectivity index (χ4n) is 3.62. The maximum absolute atomic E-state index is 13.2. The minimum atomic E-state index is -0.0638. The molecule has 1 unspecified atom stereocenters. The Bertz CT molecular complexity index is 1060. The number of hydrogen-bond donors (Lipinski definition) is 1. The molecule has 0 radical (unpaired) electrons. The third-order valence-corrected chi connectivity index (χ3v) is 4.97. The molecule has 0 aliphatic carbocycles. The van der Waals surface area contributed by atoms with Gasteiger partial charge in [0.25, 0.3) is 5.91 Å². The van der Waals surface area contributed by atoms with Crippen molar-refractivity contribution in [2.24, 2.45) is 0 Å². The van der Waals surface area contributed by atoms with Crippen molar-refractivity contribution < 1.29 is 9.59 Å². The number of hydrogen-bond acceptors (Lipinski definition) is 4. The normalized spacial score (nSPS) is 15.2. The smallest absolute Gasteiger partial charge is 0.260 e. The second-order valence-electron chi connectivity index (χ2n) is 7.08. The summed E-state index contributed by atoms with van der Waals surface area (Å²) in [7, 11) is 0. The molecule has 0 saturated heterocycles. The molecule has 140 valence electrons. The number of nitrogens with zero attached hydrogens (tertiary/aromatic N) is 2. The second-order valence-corrected chi connectivity index (χ2v) is 7.08. The Morgan fingerprint density at radius 3 is 2.61 bits per heavy atom. The second kappa shape index (κ2) is 7.27. The van der Waals surface area contributed by atoms with E-state index in [4.69, 9.17) is 0 Å². The number of nitrogens with one attached hydrogen (secondary N) is 1. The Hall–Kier alpha value is -3.47. The fourth-order valence-corrected chi connectivity index (χ4v) is 3.62. The van der Waals surface area contributed by atoms with Gasteiger partial charge in [-0.2, -0.15) is 0 Å². The molecule has 3 aromatic rings. The molecular formula is C23H21N3O2. The molecule has 1 N–H and O–H groups in total. The van der Waals surface area contributed by atoms with E-state index in [1.807, 2.05) is 35.2 Å². The van der Waals surface area contributed by atoms with Gasteiger partial charge in [-0.05, 0) is 50.1 Å². The Balaban J connectivity index is 1.60.